The van der Waals surface area contributed by atoms with E-state index < -0.39 is 83.3 Å². The van der Waals surface area contributed by atoms with Gasteiger partial charge in [-0.3, -0.25) is 14.4 Å². The van der Waals surface area contributed by atoms with Crippen molar-refractivity contribution >= 4 is 35.6 Å². The van der Waals surface area contributed by atoms with Crippen LogP contribution in [0.25, 0.3) is 0 Å². The monoisotopic (exact) mass is 653 g/mol. The number of hydrogen-bond donors (Lipinski definition) is 2. The number of ether oxygens (including phenoxy) is 4. The number of benzene rings is 2. The Morgan fingerprint density at radius 1 is 0.830 bits per heavy atom. The standard InChI is InChI=1S/C35H43NO11/c1-8-20(4)28-33(42)44-21(5)26(36-30(39)23-16-12-13-17-24(23)37)31(40)46-27(19(2)3)32(41)45-25(18-22-14-10-9-11-15-22)29(38)35(6,7)34(43)47-28/h9-17,19-21,25-28,37H,8,18H2,1-7H3,(H,36,39)/t20-,21+,25+,26-,27-,28-/m0/s1. The van der Waals surface area contributed by atoms with Gasteiger partial charge in [-0.05, 0) is 44.9 Å². The van der Waals surface area contributed by atoms with Crippen molar-refractivity contribution in [2.45, 2.75) is 91.8 Å². The number of carbonyl (C=O) groups is 6. The van der Waals surface area contributed by atoms with E-state index in [2.05, 4.69) is 5.32 Å². The summed E-state index contributed by atoms with van der Waals surface area (Å²) in [4.78, 5) is 81.6. The van der Waals surface area contributed by atoms with Gasteiger partial charge in [-0.1, -0.05) is 70.2 Å². The summed E-state index contributed by atoms with van der Waals surface area (Å²) in [6.07, 6.45) is -5.69. The topological polar surface area (TPSA) is 172 Å². The van der Waals surface area contributed by atoms with Crippen LogP contribution in [0.2, 0.25) is 0 Å². The second-order valence-electron chi connectivity index (χ2n) is 12.5. The summed E-state index contributed by atoms with van der Waals surface area (Å²) in [6, 6.07) is 12.6. The first kappa shape index (κ1) is 36.7. The molecule has 1 heterocycles. The van der Waals surface area contributed by atoms with E-state index in [0.29, 0.717) is 12.0 Å². The molecule has 254 valence electrons. The number of hydrogen-bond acceptors (Lipinski definition) is 11. The predicted octanol–water partition coefficient (Wildman–Crippen LogP) is 3.71. The van der Waals surface area contributed by atoms with Crippen LogP contribution in [0, 0.1) is 17.3 Å². The van der Waals surface area contributed by atoms with Gasteiger partial charge in [0.1, 0.15) is 17.3 Å². The number of carbonyl (C=O) groups excluding carboxylic acids is 6. The number of aromatic hydroxyl groups is 1. The maximum Gasteiger partial charge on any atom is 0.348 e. The van der Waals surface area contributed by atoms with Crippen LogP contribution in [0.15, 0.2) is 54.6 Å². The minimum absolute atomic E-state index is 0.103. The van der Waals surface area contributed by atoms with Crippen LogP contribution in [0.4, 0.5) is 0 Å². The third kappa shape index (κ3) is 8.96. The Hall–Kier alpha value is -4.74. The van der Waals surface area contributed by atoms with Gasteiger partial charge in [0.05, 0.1) is 5.56 Å². The van der Waals surface area contributed by atoms with E-state index in [-0.39, 0.29) is 17.7 Å². The molecule has 2 aromatic rings. The van der Waals surface area contributed by atoms with Crippen LogP contribution < -0.4 is 5.32 Å². The quantitative estimate of drug-likeness (QED) is 0.254. The summed E-state index contributed by atoms with van der Waals surface area (Å²) < 4.78 is 22.5. The summed E-state index contributed by atoms with van der Waals surface area (Å²) in [6.45, 7) is 10.5. The maximum atomic E-state index is 14.0. The van der Waals surface area contributed by atoms with E-state index in [9.17, 15) is 33.9 Å². The Balaban J connectivity index is 2.11. The SMILES string of the molecule is CC[C@H](C)[C@@H]1OC(=O)C(C)(C)C(=O)[C@@H](Cc2ccccc2)OC(=O)[C@H](C(C)C)OC(=O)[C@@H](NC(=O)c2ccccc2O)[C@@H](C)OC1=O. The molecule has 1 aliphatic heterocycles. The van der Waals surface area contributed by atoms with E-state index in [4.69, 9.17) is 18.9 Å². The average Bonchev–Trinajstić information content (AvgIpc) is 3.03. The fourth-order valence-corrected chi connectivity index (χ4v) is 4.83. The van der Waals surface area contributed by atoms with Crippen molar-refractivity contribution in [1.82, 2.24) is 5.32 Å². The van der Waals surface area contributed by atoms with Gasteiger partial charge in [-0.25, -0.2) is 14.4 Å². The van der Waals surface area contributed by atoms with E-state index in [1.807, 2.05) is 0 Å². The summed E-state index contributed by atoms with van der Waals surface area (Å²) in [7, 11) is 0. The van der Waals surface area contributed by atoms with Crippen molar-refractivity contribution in [3.8, 4) is 5.75 Å². The Kier molecular flexibility index (Phi) is 12.3. The molecule has 0 unspecified atom stereocenters. The molecule has 0 aromatic heterocycles. The van der Waals surface area contributed by atoms with Crippen molar-refractivity contribution in [3.05, 3.63) is 65.7 Å². The molecule has 1 saturated heterocycles. The Labute approximate surface area is 274 Å². The zero-order valence-corrected chi connectivity index (χ0v) is 27.7. The van der Waals surface area contributed by atoms with Crippen molar-refractivity contribution in [1.29, 1.82) is 0 Å². The minimum atomic E-state index is -1.88. The minimum Gasteiger partial charge on any atom is -0.507 e. The van der Waals surface area contributed by atoms with Crippen molar-refractivity contribution in [2.75, 3.05) is 0 Å². The smallest absolute Gasteiger partial charge is 0.348 e. The van der Waals surface area contributed by atoms with Gasteiger partial charge in [-0.2, -0.15) is 0 Å². The van der Waals surface area contributed by atoms with Gasteiger partial charge < -0.3 is 29.4 Å². The second kappa shape index (κ2) is 15.7. The molecule has 0 radical (unpaired) electrons. The normalized spacial score (nSPS) is 24.9. The number of ketones is 1. The van der Waals surface area contributed by atoms with Gasteiger partial charge in [0.15, 0.2) is 17.9 Å². The summed E-state index contributed by atoms with van der Waals surface area (Å²) >= 11 is 0. The van der Waals surface area contributed by atoms with Crippen LogP contribution in [0.3, 0.4) is 0 Å². The molecule has 1 amide bonds. The van der Waals surface area contributed by atoms with Crippen LogP contribution in [0.1, 0.15) is 70.8 Å². The maximum absolute atomic E-state index is 14.0. The third-order valence-electron chi connectivity index (χ3n) is 8.11. The highest BCUT2D eigenvalue weighted by molar-refractivity contribution is 6.06. The molecular weight excluding hydrogens is 610 g/mol. The fraction of sp³-hybridized carbons (Fsp3) is 0.486. The molecule has 0 spiro atoms. The molecule has 12 heteroatoms. The molecule has 12 nitrogen and oxygen atoms in total. The molecule has 3 rings (SSSR count). The Bertz CT molecular complexity index is 1470. The van der Waals surface area contributed by atoms with E-state index >= 15 is 0 Å². The van der Waals surface area contributed by atoms with Gasteiger partial charge in [0.2, 0.25) is 12.2 Å². The number of rotatable bonds is 7. The van der Waals surface area contributed by atoms with Crippen LogP contribution in [-0.2, 0) is 49.3 Å². The number of esters is 4. The zero-order valence-electron chi connectivity index (χ0n) is 27.7. The lowest BCUT2D eigenvalue weighted by atomic mass is 9.83. The highest BCUT2D eigenvalue weighted by atomic mass is 16.6. The number of cyclic esters (lactones) is 4. The summed E-state index contributed by atoms with van der Waals surface area (Å²) in [5.74, 6) is -7.59. The van der Waals surface area contributed by atoms with Crippen molar-refractivity contribution < 1.29 is 52.8 Å². The van der Waals surface area contributed by atoms with Crippen molar-refractivity contribution in [2.24, 2.45) is 17.3 Å². The lowest BCUT2D eigenvalue weighted by Crippen LogP contribution is -2.52. The first-order chi connectivity index (χ1) is 22.1. The number of para-hydroxylation sites is 1. The summed E-state index contributed by atoms with van der Waals surface area (Å²) in [5.41, 5.74) is -1.43. The molecule has 0 aliphatic carbocycles. The van der Waals surface area contributed by atoms with Gasteiger partial charge >= 0.3 is 23.9 Å². The van der Waals surface area contributed by atoms with E-state index in [1.54, 1.807) is 58.0 Å². The summed E-state index contributed by atoms with van der Waals surface area (Å²) in [5, 5.41) is 12.6. The van der Waals surface area contributed by atoms with Gasteiger partial charge in [0, 0.05) is 18.3 Å². The number of amides is 1. The molecule has 0 saturated carbocycles. The zero-order chi connectivity index (χ0) is 35.1. The Morgan fingerprint density at radius 3 is 2.02 bits per heavy atom. The lowest BCUT2D eigenvalue weighted by Gasteiger charge is -2.30. The number of phenols is 1. The van der Waals surface area contributed by atoms with Crippen molar-refractivity contribution in [3.63, 3.8) is 0 Å². The molecule has 6 atom stereocenters. The first-order valence-corrected chi connectivity index (χ1v) is 15.6. The molecule has 2 aromatic carbocycles. The molecular formula is C35H43NO11. The average molecular weight is 654 g/mol. The third-order valence-corrected chi connectivity index (χ3v) is 8.11. The van der Waals surface area contributed by atoms with Crippen LogP contribution >= 0.6 is 0 Å². The van der Waals surface area contributed by atoms with Crippen LogP contribution in [-0.4, -0.2) is 71.1 Å². The highest BCUT2D eigenvalue weighted by Crippen LogP contribution is 2.28. The van der Waals surface area contributed by atoms with E-state index in [0.717, 1.165) is 0 Å². The fourth-order valence-electron chi connectivity index (χ4n) is 4.83. The predicted molar refractivity (Wildman–Crippen MR) is 168 cm³/mol. The lowest BCUT2D eigenvalue weighted by molar-refractivity contribution is -0.183. The van der Waals surface area contributed by atoms with Gasteiger partial charge in [-0.15, -0.1) is 0 Å². The second-order valence-corrected chi connectivity index (χ2v) is 12.5. The molecule has 2 N–H and O–H groups in total. The van der Waals surface area contributed by atoms with Crippen LogP contribution in [0.5, 0.6) is 5.75 Å². The highest BCUT2D eigenvalue weighted by Gasteiger charge is 2.47. The van der Waals surface area contributed by atoms with Gasteiger partial charge in [0.25, 0.3) is 5.91 Å². The molecule has 1 fully saturated rings. The Morgan fingerprint density at radius 2 is 1.43 bits per heavy atom. The molecule has 47 heavy (non-hydrogen) atoms. The number of Topliss-reactive ketones (excluding diaryl/α,β-unsaturated/α-hetero) is 1. The number of nitrogens with one attached hydrogen (secondary N) is 1. The molecule has 0 bridgehead atoms. The molecule has 1 aliphatic rings. The first-order valence-electron chi connectivity index (χ1n) is 15.6. The van der Waals surface area contributed by atoms with E-state index in [1.165, 1.54) is 45.0 Å². The largest absolute Gasteiger partial charge is 0.507 e. The number of phenolic OH excluding ortho intramolecular Hbond substituents is 1.